The zero-order chi connectivity index (χ0) is 17.9. The van der Waals surface area contributed by atoms with Crippen LogP contribution in [0.2, 0.25) is 0 Å². The Bertz CT molecular complexity index is 542. The Balaban J connectivity index is 1.84. The average Bonchev–Trinajstić information content (AvgIpc) is 2.64. The highest BCUT2D eigenvalue weighted by molar-refractivity contribution is 5.86. The minimum atomic E-state index is 0.0161. The number of benzene rings is 1. The molecule has 0 radical (unpaired) electrons. The van der Waals surface area contributed by atoms with Gasteiger partial charge in [0.05, 0.1) is 26.3 Å². The summed E-state index contributed by atoms with van der Waals surface area (Å²) in [6.07, 6.45) is 0. The Morgan fingerprint density at radius 3 is 2.60 bits per heavy atom. The summed E-state index contributed by atoms with van der Waals surface area (Å²) in [6.45, 7) is 6.02. The van der Waals surface area contributed by atoms with E-state index in [1.54, 1.807) is 19.0 Å². The molecule has 0 atom stereocenters. The molecular weight excluding hydrogens is 318 g/mol. The molecule has 1 saturated heterocycles. The molecule has 1 aromatic rings. The number of likely N-dealkylation sites (N-methyl/N-ethyl adjacent to an activating group) is 1. The number of hydrogen-bond donors (Lipinski definition) is 2. The number of ether oxygens (including phenoxy) is 1. The summed E-state index contributed by atoms with van der Waals surface area (Å²) in [4.78, 5) is 20.3. The van der Waals surface area contributed by atoms with Crippen molar-refractivity contribution in [2.75, 3.05) is 60.0 Å². The molecule has 0 aromatic heterocycles. The summed E-state index contributed by atoms with van der Waals surface area (Å²) >= 11 is 0. The van der Waals surface area contributed by atoms with Crippen LogP contribution >= 0.6 is 0 Å². The first-order valence-corrected chi connectivity index (χ1v) is 8.71. The van der Waals surface area contributed by atoms with Crippen LogP contribution in [-0.4, -0.2) is 81.7 Å². The first-order chi connectivity index (χ1) is 12.1. The highest BCUT2D eigenvalue weighted by Crippen LogP contribution is 2.00. The second-order valence-electron chi connectivity index (χ2n) is 6.17. The Hall–Kier alpha value is -2.12. The van der Waals surface area contributed by atoms with E-state index in [1.807, 2.05) is 30.3 Å². The maximum Gasteiger partial charge on any atom is 0.241 e. The van der Waals surface area contributed by atoms with Crippen LogP contribution in [0.5, 0.6) is 0 Å². The fraction of sp³-hybridized carbons (Fsp3) is 0.556. The zero-order valence-corrected chi connectivity index (χ0v) is 15.2. The standard InChI is InChI=1S/C18H29N5O2/c1-22(2)17(24)15-21-18(20-14-16-6-4-3-5-7-16)19-8-9-23-10-12-25-13-11-23/h3-7H,8-15H2,1-2H3,(H2,19,20,21). The molecular formula is C18H29N5O2. The molecule has 0 saturated carbocycles. The van der Waals surface area contributed by atoms with Gasteiger partial charge in [0.1, 0.15) is 0 Å². The Labute approximate surface area is 150 Å². The second-order valence-corrected chi connectivity index (χ2v) is 6.17. The molecule has 2 rings (SSSR count). The van der Waals surface area contributed by atoms with Gasteiger partial charge in [0.15, 0.2) is 5.96 Å². The molecule has 7 nitrogen and oxygen atoms in total. The van der Waals surface area contributed by atoms with E-state index in [4.69, 9.17) is 4.74 Å². The molecule has 2 N–H and O–H groups in total. The van der Waals surface area contributed by atoms with E-state index in [2.05, 4.69) is 20.5 Å². The van der Waals surface area contributed by atoms with Gasteiger partial charge in [-0.25, -0.2) is 4.99 Å². The number of amides is 1. The molecule has 1 heterocycles. The van der Waals surface area contributed by atoms with Gasteiger partial charge >= 0.3 is 0 Å². The lowest BCUT2D eigenvalue weighted by Crippen LogP contribution is -2.46. The lowest BCUT2D eigenvalue weighted by atomic mass is 10.2. The van der Waals surface area contributed by atoms with Gasteiger partial charge in [-0.15, -0.1) is 0 Å². The largest absolute Gasteiger partial charge is 0.379 e. The number of nitrogens with one attached hydrogen (secondary N) is 2. The number of guanidine groups is 1. The Morgan fingerprint density at radius 1 is 1.20 bits per heavy atom. The molecule has 0 aliphatic carbocycles. The highest BCUT2D eigenvalue weighted by atomic mass is 16.5. The minimum Gasteiger partial charge on any atom is -0.379 e. The number of nitrogens with zero attached hydrogens (tertiary/aromatic N) is 3. The Kier molecular flexibility index (Phi) is 8.21. The van der Waals surface area contributed by atoms with E-state index < -0.39 is 0 Å². The normalized spacial score (nSPS) is 15.7. The number of rotatable bonds is 7. The first kappa shape index (κ1) is 19.2. The van der Waals surface area contributed by atoms with Crippen molar-refractivity contribution in [1.82, 2.24) is 20.4 Å². The van der Waals surface area contributed by atoms with Crippen LogP contribution in [0.25, 0.3) is 0 Å². The van der Waals surface area contributed by atoms with Crippen molar-refractivity contribution < 1.29 is 9.53 Å². The molecule has 1 aromatic carbocycles. The molecule has 0 bridgehead atoms. The van der Waals surface area contributed by atoms with Crippen LogP contribution < -0.4 is 10.6 Å². The monoisotopic (exact) mass is 347 g/mol. The van der Waals surface area contributed by atoms with Crippen LogP contribution in [-0.2, 0) is 16.1 Å². The van der Waals surface area contributed by atoms with E-state index in [-0.39, 0.29) is 12.5 Å². The van der Waals surface area contributed by atoms with Gasteiger partial charge < -0.3 is 20.3 Å². The lowest BCUT2D eigenvalue weighted by Gasteiger charge is -2.26. The molecule has 1 aliphatic rings. The van der Waals surface area contributed by atoms with Crippen LogP contribution in [0.1, 0.15) is 5.56 Å². The number of aliphatic imine (C=N–C) groups is 1. The number of hydrogen-bond acceptors (Lipinski definition) is 4. The first-order valence-electron chi connectivity index (χ1n) is 8.71. The maximum atomic E-state index is 11.8. The highest BCUT2D eigenvalue weighted by Gasteiger charge is 2.10. The van der Waals surface area contributed by atoms with Crippen LogP contribution in [0, 0.1) is 0 Å². The summed E-state index contributed by atoms with van der Waals surface area (Å²) in [6, 6.07) is 10.1. The Morgan fingerprint density at radius 2 is 1.92 bits per heavy atom. The van der Waals surface area contributed by atoms with Gasteiger partial charge in [0.25, 0.3) is 0 Å². The van der Waals surface area contributed by atoms with E-state index in [9.17, 15) is 4.79 Å². The van der Waals surface area contributed by atoms with Crippen molar-refractivity contribution in [3.63, 3.8) is 0 Å². The van der Waals surface area contributed by atoms with Crippen molar-refractivity contribution in [2.45, 2.75) is 6.54 Å². The zero-order valence-electron chi connectivity index (χ0n) is 15.2. The van der Waals surface area contributed by atoms with E-state index in [0.717, 1.165) is 45.0 Å². The van der Waals surface area contributed by atoms with Crippen LogP contribution in [0.15, 0.2) is 35.3 Å². The second kappa shape index (κ2) is 10.7. The molecule has 7 heteroatoms. The number of morpholine rings is 1. The fourth-order valence-corrected chi connectivity index (χ4v) is 2.40. The van der Waals surface area contributed by atoms with Crippen molar-refractivity contribution in [2.24, 2.45) is 4.99 Å². The molecule has 1 amide bonds. The molecule has 0 unspecified atom stereocenters. The van der Waals surface area contributed by atoms with Gasteiger partial charge in [-0.1, -0.05) is 30.3 Å². The predicted molar refractivity (Wildman–Crippen MR) is 99.5 cm³/mol. The topological polar surface area (TPSA) is 69.2 Å². The van der Waals surface area contributed by atoms with Crippen LogP contribution in [0.4, 0.5) is 0 Å². The molecule has 138 valence electrons. The van der Waals surface area contributed by atoms with Crippen molar-refractivity contribution in [3.8, 4) is 0 Å². The smallest absolute Gasteiger partial charge is 0.241 e. The average molecular weight is 347 g/mol. The molecule has 1 fully saturated rings. The lowest BCUT2D eigenvalue weighted by molar-refractivity contribution is -0.127. The van der Waals surface area contributed by atoms with E-state index in [0.29, 0.717) is 12.5 Å². The van der Waals surface area contributed by atoms with Gasteiger partial charge in [0.2, 0.25) is 5.91 Å². The van der Waals surface area contributed by atoms with Gasteiger partial charge in [0, 0.05) is 40.3 Å². The maximum absolute atomic E-state index is 11.8. The van der Waals surface area contributed by atoms with Crippen molar-refractivity contribution in [3.05, 3.63) is 35.9 Å². The summed E-state index contributed by atoms with van der Waals surface area (Å²) < 4.78 is 5.36. The summed E-state index contributed by atoms with van der Waals surface area (Å²) in [7, 11) is 3.49. The van der Waals surface area contributed by atoms with Gasteiger partial charge in [-0.05, 0) is 5.56 Å². The third-order valence-electron chi connectivity index (χ3n) is 3.99. The summed E-state index contributed by atoms with van der Waals surface area (Å²) in [5.74, 6) is 0.676. The summed E-state index contributed by atoms with van der Waals surface area (Å²) in [5, 5.41) is 6.43. The van der Waals surface area contributed by atoms with E-state index >= 15 is 0 Å². The van der Waals surface area contributed by atoms with Crippen molar-refractivity contribution in [1.29, 1.82) is 0 Å². The molecule has 25 heavy (non-hydrogen) atoms. The van der Waals surface area contributed by atoms with Crippen molar-refractivity contribution >= 4 is 11.9 Å². The van der Waals surface area contributed by atoms with Gasteiger partial charge in [-0.2, -0.15) is 0 Å². The predicted octanol–water partition coefficient (Wildman–Crippen LogP) is 0.142. The molecule has 1 aliphatic heterocycles. The quantitative estimate of drug-likeness (QED) is 0.543. The molecule has 0 spiro atoms. The number of carbonyl (C=O) groups excluding carboxylic acids is 1. The summed E-state index contributed by atoms with van der Waals surface area (Å²) in [5.41, 5.74) is 1.13. The number of carbonyl (C=O) groups is 1. The van der Waals surface area contributed by atoms with Crippen LogP contribution in [0.3, 0.4) is 0 Å². The third-order valence-corrected chi connectivity index (χ3v) is 3.99. The van der Waals surface area contributed by atoms with Gasteiger partial charge in [-0.3, -0.25) is 9.69 Å². The fourth-order valence-electron chi connectivity index (χ4n) is 2.40. The third kappa shape index (κ3) is 7.53. The van der Waals surface area contributed by atoms with E-state index in [1.165, 1.54) is 0 Å². The SMILES string of the molecule is CN(C)C(=O)CNC(=NCc1ccccc1)NCCN1CCOCC1. The minimum absolute atomic E-state index is 0.0161.